The van der Waals surface area contributed by atoms with E-state index in [1.54, 1.807) is 24.5 Å². The van der Waals surface area contributed by atoms with Gasteiger partial charge in [-0.05, 0) is 47.0 Å². The molecule has 5 heteroatoms. The van der Waals surface area contributed by atoms with Crippen LogP contribution < -0.4 is 5.32 Å². The summed E-state index contributed by atoms with van der Waals surface area (Å²) < 4.78 is 27.6. The average molecular weight is 322 g/mol. The van der Waals surface area contributed by atoms with E-state index in [1.165, 1.54) is 12.1 Å². The molecular weight excluding hydrogens is 310 g/mol. The molecule has 1 N–H and O–H groups in total. The number of rotatable bonds is 2. The molecule has 2 aromatic carbocycles. The van der Waals surface area contributed by atoms with E-state index in [0.29, 0.717) is 17.7 Å². The van der Waals surface area contributed by atoms with Crippen LogP contribution in [0, 0.1) is 11.6 Å². The number of halogens is 2. The van der Waals surface area contributed by atoms with E-state index >= 15 is 0 Å². The van der Waals surface area contributed by atoms with Gasteiger partial charge in [0.15, 0.2) is 0 Å². The molecule has 0 fully saturated rings. The molecule has 4 rings (SSSR count). The van der Waals surface area contributed by atoms with Gasteiger partial charge in [-0.3, -0.25) is 9.78 Å². The molecule has 0 spiro atoms. The number of benzene rings is 2. The number of nitrogens with one attached hydrogen (secondary N) is 1. The van der Waals surface area contributed by atoms with Crippen LogP contribution in [-0.4, -0.2) is 10.9 Å². The number of nitrogens with zero attached hydrogens (tertiary/aromatic N) is 1. The van der Waals surface area contributed by atoms with Crippen LogP contribution >= 0.6 is 0 Å². The van der Waals surface area contributed by atoms with E-state index in [4.69, 9.17) is 0 Å². The van der Waals surface area contributed by atoms with Gasteiger partial charge in [-0.15, -0.1) is 0 Å². The largest absolute Gasteiger partial charge is 0.348 e. The average Bonchev–Trinajstić information content (AvgIpc) is 2.95. The van der Waals surface area contributed by atoms with Gasteiger partial charge in [0.2, 0.25) is 0 Å². The molecule has 0 bridgehead atoms. The summed E-state index contributed by atoms with van der Waals surface area (Å²) in [5, 5.41) is 2.76. The van der Waals surface area contributed by atoms with Gasteiger partial charge in [-0.1, -0.05) is 6.07 Å². The Morgan fingerprint density at radius 3 is 2.58 bits per heavy atom. The fourth-order valence-corrected chi connectivity index (χ4v) is 2.96. The molecule has 118 valence electrons. The smallest absolute Gasteiger partial charge is 0.251 e. The molecule has 3 nitrogen and oxygen atoms in total. The minimum absolute atomic E-state index is 0.188. The molecule has 1 aliphatic heterocycles. The molecule has 0 saturated heterocycles. The predicted octanol–water partition coefficient (Wildman–Crippen LogP) is 3.94. The van der Waals surface area contributed by atoms with Gasteiger partial charge in [0.1, 0.15) is 11.6 Å². The van der Waals surface area contributed by atoms with Crippen LogP contribution in [0.2, 0.25) is 0 Å². The van der Waals surface area contributed by atoms with E-state index < -0.39 is 11.6 Å². The zero-order valence-corrected chi connectivity index (χ0v) is 12.5. The number of pyridine rings is 1. The second-order valence-electron chi connectivity index (χ2n) is 5.60. The molecule has 0 unspecified atom stereocenters. The van der Waals surface area contributed by atoms with E-state index in [2.05, 4.69) is 10.3 Å². The molecule has 3 aromatic rings. The van der Waals surface area contributed by atoms with Gasteiger partial charge >= 0.3 is 0 Å². The Hall–Kier alpha value is -3.08. The number of hydrogen-bond acceptors (Lipinski definition) is 2. The highest BCUT2D eigenvalue weighted by Gasteiger charge is 2.23. The van der Waals surface area contributed by atoms with Crippen molar-refractivity contribution >= 4 is 5.91 Å². The van der Waals surface area contributed by atoms with Crippen molar-refractivity contribution in [1.82, 2.24) is 10.3 Å². The minimum atomic E-state index is -0.668. The number of aromatic nitrogens is 1. The Morgan fingerprint density at radius 2 is 1.83 bits per heavy atom. The summed E-state index contributed by atoms with van der Waals surface area (Å²) in [7, 11) is 0. The molecule has 2 heterocycles. The van der Waals surface area contributed by atoms with Gasteiger partial charge in [-0.2, -0.15) is 0 Å². The van der Waals surface area contributed by atoms with Gasteiger partial charge in [0.05, 0.1) is 0 Å². The van der Waals surface area contributed by atoms with E-state index in [-0.39, 0.29) is 11.5 Å². The molecule has 0 saturated carbocycles. The number of carbonyl (C=O) groups excluding carboxylic acids is 1. The maximum Gasteiger partial charge on any atom is 0.251 e. The van der Waals surface area contributed by atoms with Crippen molar-refractivity contribution in [3.8, 4) is 22.3 Å². The molecule has 24 heavy (non-hydrogen) atoms. The highest BCUT2D eigenvalue weighted by atomic mass is 19.1. The lowest BCUT2D eigenvalue weighted by atomic mass is 9.91. The van der Waals surface area contributed by atoms with Gasteiger partial charge < -0.3 is 5.32 Å². The van der Waals surface area contributed by atoms with Gasteiger partial charge in [0, 0.05) is 41.7 Å². The summed E-state index contributed by atoms with van der Waals surface area (Å²) in [6.07, 6.45) is 3.33. The molecule has 1 amide bonds. The van der Waals surface area contributed by atoms with Crippen LogP contribution in [-0.2, 0) is 6.54 Å². The fourth-order valence-electron chi connectivity index (χ4n) is 2.96. The van der Waals surface area contributed by atoms with Crippen molar-refractivity contribution in [2.75, 3.05) is 0 Å². The first-order chi connectivity index (χ1) is 11.6. The van der Waals surface area contributed by atoms with Crippen LogP contribution in [0.15, 0.2) is 54.9 Å². The molecule has 0 atom stereocenters. The third kappa shape index (κ3) is 2.34. The maximum atomic E-state index is 14.3. The Kier molecular flexibility index (Phi) is 3.34. The quantitative estimate of drug-likeness (QED) is 0.776. The summed E-state index contributed by atoms with van der Waals surface area (Å²) in [5.41, 5.74) is 3.71. The minimum Gasteiger partial charge on any atom is -0.348 e. The lowest BCUT2D eigenvalue weighted by Gasteiger charge is -2.13. The maximum absolute atomic E-state index is 14.3. The first-order valence-electron chi connectivity index (χ1n) is 7.44. The van der Waals surface area contributed by atoms with Crippen molar-refractivity contribution in [3.63, 3.8) is 0 Å². The molecule has 0 radical (unpaired) electrons. The highest BCUT2D eigenvalue weighted by Crippen LogP contribution is 2.37. The predicted molar refractivity (Wildman–Crippen MR) is 86.2 cm³/mol. The highest BCUT2D eigenvalue weighted by molar-refractivity contribution is 6.01. The topological polar surface area (TPSA) is 42.0 Å². The number of fused-ring (bicyclic) bond motifs is 1. The molecule has 0 aliphatic carbocycles. The number of amides is 1. The van der Waals surface area contributed by atoms with Crippen molar-refractivity contribution in [3.05, 3.63) is 77.6 Å². The van der Waals surface area contributed by atoms with Crippen LogP contribution in [0.25, 0.3) is 22.3 Å². The summed E-state index contributed by atoms with van der Waals surface area (Å²) >= 11 is 0. The molecule has 1 aromatic heterocycles. The first-order valence-corrected chi connectivity index (χ1v) is 7.44. The Labute approximate surface area is 137 Å². The third-order valence-corrected chi connectivity index (χ3v) is 4.12. The van der Waals surface area contributed by atoms with Crippen molar-refractivity contribution in [2.24, 2.45) is 0 Å². The van der Waals surface area contributed by atoms with Crippen molar-refractivity contribution < 1.29 is 13.6 Å². The van der Waals surface area contributed by atoms with Gasteiger partial charge in [-0.25, -0.2) is 8.78 Å². The van der Waals surface area contributed by atoms with E-state index in [1.807, 2.05) is 12.1 Å². The SMILES string of the molecule is O=C1NCc2cc(-c3cccnc3)c(-c3ccc(F)cc3F)cc21. The Bertz CT molecular complexity index is 955. The Morgan fingerprint density at radius 1 is 0.958 bits per heavy atom. The van der Waals surface area contributed by atoms with Crippen LogP contribution in [0.5, 0.6) is 0 Å². The second kappa shape index (κ2) is 5.53. The van der Waals surface area contributed by atoms with Crippen LogP contribution in [0.1, 0.15) is 15.9 Å². The summed E-state index contributed by atoms with van der Waals surface area (Å²) in [4.78, 5) is 16.1. The number of carbonyl (C=O) groups is 1. The normalized spacial score (nSPS) is 12.8. The molecular formula is C19H12F2N2O. The standard InChI is InChI=1S/C19H12F2N2O/c20-13-3-4-14(18(21)7-13)17-8-16-12(10-23-19(16)24)6-15(17)11-2-1-5-22-9-11/h1-9H,10H2,(H,23,24). The first kappa shape index (κ1) is 14.5. The van der Waals surface area contributed by atoms with Crippen molar-refractivity contribution in [1.29, 1.82) is 0 Å². The van der Waals surface area contributed by atoms with E-state index in [0.717, 1.165) is 22.8 Å². The molecule has 1 aliphatic rings. The zero-order valence-electron chi connectivity index (χ0n) is 12.5. The van der Waals surface area contributed by atoms with Gasteiger partial charge in [0.25, 0.3) is 5.91 Å². The lowest BCUT2D eigenvalue weighted by molar-refractivity contribution is 0.0966. The summed E-state index contributed by atoms with van der Waals surface area (Å²) in [6.45, 7) is 0.438. The Balaban J connectivity index is 2.01. The third-order valence-electron chi connectivity index (χ3n) is 4.12. The van der Waals surface area contributed by atoms with E-state index in [9.17, 15) is 13.6 Å². The number of hydrogen-bond donors (Lipinski definition) is 1. The lowest BCUT2D eigenvalue weighted by Crippen LogP contribution is -2.12. The van der Waals surface area contributed by atoms with Crippen LogP contribution in [0.3, 0.4) is 0 Å². The second-order valence-corrected chi connectivity index (χ2v) is 5.60. The summed E-state index contributed by atoms with van der Waals surface area (Å²) in [6, 6.07) is 10.6. The zero-order chi connectivity index (χ0) is 16.7. The van der Waals surface area contributed by atoms with Crippen LogP contribution in [0.4, 0.5) is 8.78 Å². The fraction of sp³-hybridized carbons (Fsp3) is 0.0526. The monoisotopic (exact) mass is 322 g/mol. The summed E-state index contributed by atoms with van der Waals surface area (Å²) in [5.74, 6) is -1.50. The van der Waals surface area contributed by atoms with Crippen molar-refractivity contribution in [2.45, 2.75) is 6.54 Å².